The molecule has 1 atom stereocenters. The molecule has 7 nitrogen and oxygen atoms in total. The van der Waals surface area contributed by atoms with Crippen molar-refractivity contribution in [2.75, 3.05) is 5.73 Å². The molecule has 0 aliphatic carbocycles. The number of aromatic nitrogens is 1. The first-order valence-corrected chi connectivity index (χ1v) is 6.06. The number of nitrogens with zero attached hydrogens (tertiary/aromatic N) is 1. The van der Waals surface area contributed by atoms with Crippen LogP contribution in [-0.4, -0.2) is 27.8 Å². The Bertz CT molecular complexity index is 497. The normalized spacial score (nSPS) is 12.8. The van der Waals surface area contributed by atoms with E-state index in [1.807, 2.05) is 5.32 Å². The molecule has 0 radical (unpaired) electrons. The minimum absolute atomic E-state index is 0.121. The Morgan fingerprint density at radius 2 is 2.11 bits per heavy atom. The molecule has 0 saturated heterocycles. The molecule has 1 unspecified atom stereocenters. The van der Waals surface area contributed by atoms with Gasteiger partial charge in [-0.05, 0) is 20.8 Å². The number of halogens is 1. The van der Waals surface area contributed by atoms with E-state index in [-0.39, 0.29) is 5.13 Å². The molecule has 106 valence electrons. The van der Waals surface area contributed by atoms with Crippen molar-refractivity contribution in [2.24, 2.45) is 0 Å². The predicted molar refractivity (Wildman–Crippen MR) is 66.2 cm³/mol. The van der Waals surface area contributed by atoms with Crippen molar-refractivity contribution in [2.45, 2.75) is 32.4 Å². The second-order valence-corrected chi connectivity index (χ2v) is 5.61. The molecular weight excluding hydrogens is 277 g/mol. The maximum Gasteiger partial charge on any atom is 0.408 e. The second-order valence-electron chi connectivity index (χ2n) is 4.63. The minimum atomic E-state index is -1.65. The number of carbonyl (C=O) groups is 2. The van der Waals surface area contributed by atoms with Gasteiger partial charge in [0.25, 0.3) is 0 Å². The van der Waals surface area contributed by atoms with Crippen LogP contribution in [0, 0.1) is 5.13 Å². The molecule has 1 rings (SSSR count). The van der Waals surface area contributed by atoms with Crippen LogP contribution in [0.25, 0.3) is 0 Å². The average Bonchev–Trinajstić information content (AvgIpc) is 2.51. The maximum absolute atomic E-state index is 13.4. The summed E-state index contributed by atoms with van der Waals surface area (Å²) in [6, 6.07) is -1.65. The van der Waals surface area contributed by atoms with Crippen LogP contribution in [0.2, 0.25) is 0 Å². The lowest BCUT2D eigenvalue weighted by Gasteiger charge is -2.21. The lowest BCUT2D eigenvalue weighted by Crippen LogP contribution is -2.38. The van der Waals surface area contributed by atoms with Crippen LogP contribution < -0.4 is 11.1 Å². The Morgan fingerprint density at radius 3 is 2.47 bits per heavy atom. The Morgan fingerprint density at radius 1 is 1.53 bits per heavy atom. The summed E-state index contributed by atoms with van der Waals surface area (Å²) in [5, 5.41) is 10.0. The van der Waals surface area contributed by atoms with Crippen LogP contribution in [0.3, 0.4) is 0 Å². The fraction of sp³-hybridized carbons (Fsp3) is 0.500. The van der Waals surface area contributed by atoms with Gasteiger partial charge in [0.2, 0.25) is 5.13 Å². The van der Waals surface area contributed by atoms with Gasteiger partial charge >= 0.3 is 12.1 Å². The molecule has 0 aromatic carbocycles. The van der Waals surface area contributed by atoms with Gasteiger partial charge in [-0.2, -0.15) is 4.39 Å². The van der Waals surface area contributed by atoms with Crippen LogP contribution >= 0.6 is 11.3 Å². The summed E-state index contributed by atoms with van der Waals surface area (Å²) in [7, 11) is 0. The third-order valence-electron chi connectivity index (χ3n) is 1.81. The number of hydrogen-bond donors (Lipinski definition) is 3. The highest BCUT2D eigenvalue weighted by atomic mass is 32.1. The topological polar surface area (TPSA) is 115 Å². The summed E-state index contributed by atoms with van der Waals surface area (Å²) in [5.74, 6) is -1.46. The van der Waals surface area contributed by atoms with E-state index in [2.05, 4.69) is 4.98 Å². The number of hydrogen-bond acceptors (Lipinski definition) is 6. The number of thiazole rings is 1. The molecule has 0 fully saturated rings. The highest BCUT2D eigenvalue weighted by Gasteiger charge is 2.30. The van der Waals surface area contributed by atoms with E-state index in [0.29, 0.717) is 11.3 Å². The fourth-order valence-corrected chi connectivity index (χ4v) is 1.78. The van der Waals surface area contributed by atoms with Crippen LogP contribution in [0.4, 0.5) is 14.3 Å². The number of carboxylic acid groups (broad SMARTS) is 1. The molecule has 0 bridgehead atoms. The van der Waals surface area contributed by atoms with Gasteiger partial charge in [-0.15, -0.1) is 0 Å². The summed E-state index contributed by atoms with van der Waals surface area (Å²) >= 11 is 0.500. The lowest BCUT2D eigenvalue weighted by atomic mass is 10.2. The standard InChI is InChI=1S/C10H14FN3O4S/c1-10(2,3)18-9(17)14-5(7(15)16)4-6(11)19-8(12)13-4/h5H,1-3H3,(H2,12,13)(H,14,17)(H,15,16). The Hall–Kier alpha value is -1.90. The molecule has 0 aliphatic heterocycles. The second kappa shape index (κ2) is 5.39. The first-order valence-electron chi connectivity index (χ1n) is 5.24. The van der Waals surface area contributed by atoms with Crippen LogP contribution in [0.5, 0.6) is 0 Å². The summed E-state index contributed by atoms with van der Waals surface area (Å²) in [4.78, 5) is 26.1. The fourth-order valence-electron chi connectivity index (χ4n) is 1.18. The molecule has 0 spiro atoms. The summed E-state index contributed by atoms with van der Waals surface area (Å²) in [6.07, 6.45) is -0.981. The van der Waals surface area contributed by atoms with Gasteiger partial charge in [0, 0.05) is 0 Å². The Kier molecular flexibility index (Phi) is 4.30. The van der Waals surface area contributed by atoms with Crippen molar-refractivity contribution < 1.29 is 23.8 Å². The van der Waals surface area contributed by atoms with Gasteiger partial charge < -0.3 is 20.9 Å². The van der Waals surface area contributed by atoms with Crippen molar-refractivity contribution in [3.63, 3.8) is 0 Å². The zero-order valence-electron chi connectivity index (χ0n) is 10.6. The monoisotopic (exact) mass is 291 g/mol. The van der Waals surface area contributed by atoms with E-state index in [1.54, 1.807) is 20.8 Å². The van der Waals surface area contributed by atoms with Crippen LogP contribution in [0.15, 0.2) is 0 Å². The number of carbonyl (C=O) groups excluding carboxylic acids is 1. The first-order chi connectivity index (χ1) is 8.60. The van der Waals surface area contributed by atoms with Crippen molar-refractivity contribution in [1.82, 2.24) is 10.3 Å². The van der Waals surface area contributed by atoms with E-state index in [9.17, 15) is 14.0 Å². The largest absolute Gasteiger partial charge is 0.479 e. The number of rotatable bonds is 3. The summed E-state index contributed by atoms with van der Waals surface area (Å²) in [6.45, 7) is 4.84. The maximum atomic E-state index is 13.4. The highest BCUT2D eigenvalue weighted by Crippen LogP contribution is 2.24. The van der Waals surface area contributed by atoms with Crippen molar-refractivity contribution in [1.29, 1.82) is 0 Å². The molecule has 9 heteroatoms. The number of nitrogen functional groups attached to an aromatic ring is 1. The number of anilines is 1. The molecule has 0 saturated carbocycles. The number of aliphatic carboxylic acids is 1. The molecule has 0 aliphatic rings. The number of ether oxygens (including phenoxy) is 1. The van der Waals surface area contributed by atoms with Gasteiger partial charge in [0.1, 0.15) is 11.3 Å². The smallest absolute Gasteiger partial charge is 0.408 e. The van der Waals surface area contributed by atoms with E-state index in [1.165, 1.54) is 0 Å². The summed E-state index contributed by atoms with van der Waals surface area (Å²) in [5.41, 5.74) is 4.04. The minimum Gasteiger partial charge on any atom is -0.479 e. The van der Waals surface area contributed by atoms with Gasteiger partial charge in [-0.3, -0.25) is 0 Å². The van der Waals surface area contributed by atoms with Crippen LogP contribution in [0.1, 0.15) is 32.5 Å². The SMILES string of the molecule is CC(C)(C)OC(=O)NC(C(=O)O)c1nc(N)sc1F. The highest BCUT2D eigenvalue weighted by molar-refractivity contribution is 7.13. The van der Waals surface area contributed by atoms with Crippen molar-refractivity contribution in [3.8, 4) is 0 Å². The van der Waals surface area contributed by atoms with E-state index >= 15 is 0 Å². The number of nitrogens with two attached hydrogens (primary N) is 1. The number of carboxylic acids is 1. The van der Waals surface area contributed by atoms with E-state index < -0.39 is 34.5 Å². The zero-order valence-corrected chi connectivity index (χ0v) is 11.4. The zero-order chi connectivity index (χ0) is 14.8. The molecular formula is C10H14FN3O4S. The average molecular weight is 291 g/mol. The number of amides is 1. The van der Waals surface area contributed by atoms with Crippen molar-refractivity contribution in [3.05, 3.63) is 10.8 Å². The molecule has 1 amide bonds. The molecule has 19 heavy (non-hydrogen) atoms. The lowest BCUT2D eigenvalue weighted by molar-refractivity contribution is -0.139. The molecule has 4 N–H and O–H groups in total. The van der Waals surface area contributed by atoms with Crippen molar-refractivity contribution >= 4 is 28.5 Å². The van der Waals surface area contributed by atoms with Gasteiger partial charge in [0.15, 0.2) is 11.2 Å². The third kappa shape index (κ3) is 4.36. The Balaban J connectivity index is 2.89. The van der Waals surface area contributed by atoms with E-state index in [4.69, 9.17) is 15.6 Å². The number of nitrogens with one attached hydrogen (secondary N) is 1. The third-order valence-corrected chi connectivity index (χ3v) is 2.50. The molecule has 1 aromatic rings. The number of alkyl carbamates (subject to hydrolysis) is 1. The first kappa shape index (κ1) is 15.2. The predicted octanol–water partition coefficient (Wildman–Crippen LogP) is 1.51. The van der Waals surface area contributed by atoms with Crippen LogP contribution in [-0.2, 0) is 9.53 Å². The molecule has 1 heterocycles. The van der Waals surface area contributed by atoms with Gasteiger partial charge in [-0.1, -0.05) is 11.3 Å². The van der Waals surface area contributed by atoms with Gasteiger partial charge in [-0.25, -0.2) is 14.6 Å². The van der Waals surface area contributed by atoms with Gasteiger partial charge in [0.05, 0.1) is 0 Å². The molecule has 1 aromatic heterocycles. The quantitative estimate of drug-likeness (QED) is 0.777. The Labute approximate surface area is 112 Å². The summed E-state index contributed by atoms with van der Waals surface area (Å²) < 4.78 is 18.3. The van der Waals surface area contributed by atoms with E-state index in [0.717, 1.165) is 0 Å².